The van der Waals surface area contributed by atoms with Crippen LogP contribution in [-0.4, -0.2) is 85.9 Å². The van der Waals surface area contributed by atoms with E-state index in [1.807, 2.05) is 0 Å². The molecule has 0 bridgehead atoms. The third-order valence-corrected chi connectivity index (χ3v) is 4.60. The van der Waals surface area contributed by atoms with Crippen molar-refractivity contribution in [2.75, 3.05) is 13.1 Å². The zero-order valence-electron chi connectivity index (χ0n) is 17.2. The third kappa shape index (κ3) is 8.89. The Morgan fingerprint density at radius 1 is 1.16 bits per heavy atom. The van der Waals surface area contributed by atoms with Gasteiger partial charge in [0.1, 0.15) is 18.4 Å². The molecule has 1 heterocycles. The summed E-state index contributed by atoms with van der Waals surface area (Å²) in [5.74, 6) is -2.88. The van der Waals surface area contributed by atoms with Crippen LogP contribution in [0.1, 0.15) is 13.8 Å². The van der Waals surface area contributed by atoms with Gasteiger partial charge < -0.3 is 41.6 Å². The fourth-order valence-corrected chi connectivity index (χ4v) is 2.62. The minimum atomic E-state index is -4.67. The predicted molar refractivity (Wildman–Crippen MR) is 107 cm³/mol. The highest BCUT2D eigenvalue weighted by Crippen LogP contribution is 2.31. The van der Waals surface area contributed by atoms with Crippen molar-refractivity contribution in [2.45, 2.75) is 38.5 Å². The molecule has 32 heavy (non-hydrogen) atoms. The number of nitrogens with one attached hydrogen (secondary N) is 4. The molecule has 1 aromatic heterocycles. The second-order valence-electron chi connectivity index (χ2n) is 6.61. The Kier molecular flexibility index (Phi) is 10.1. The molecule has 0 saturated heterocycles. The molecular formula is C15H25N8O8P. The van der Waals surface area contributed by atoms with E-state index in [-0.39, 0.29) is 6.54 Å². The molecule has 17 heteroatoms. The van der Waals surface area contributed by atoms with E-state index < -0.39 is 67.9 Å². The van der Waals surface area contributed by atoms with Gasteiger partial charge >= 0.3 is 7.60 Å². The van der Waals surface area contributed by atoms with E-state index in [1.54, 1.807) is 0 Å². The van der Waals surface area contributed by atoms with Crippen molar-refractivity contribution in [1.29, 1.82) is 0 Å². The Labute approximate surface area is 181 Å². The van der Waals surface area contributed by atoms with Gasteiger partial charge in [0.25, 0.3) is 0 Å². The highest BCUT2D eigenvalue weighted by molar-refractivity contribution is 7.59. The number of amides is 4. The molecule has 0 saturated carbocycles. The van der Waals surface area contributed by atoms with Crippen molar-refractivity contribution in [1.82, 2.24) is 36.3 Å². The molecule has 3 atom stereocenters. The van der Waals surface area contributed by atoms with Crippen molar-refractivity contribution in [3.63, 3.8) is 0 Å². The first kappa shape index (κ1) is 26.8. The Hall–Kier alpha value is -3.20. The normalized spacial score (nSPS) is 13.9. The van der Waals surface area contributed by atoms with Crippen molar-refractivity contribution in [3.8, 4) is 0 Å². The van der Waals surface area contributed by atoms with E-state index >= 15 is 0 Å². The minimum absolute atomic E-state index is 0.370. The second-order valence-corrected chi connectivity index (χ2v) is 8.15. The van der Waals surface area contributed by atoms with Crippen LogP contribution in [0, 0.1) is 0 Å². The molecule has 0 unspecified atom stereocenters. The monoisotopic (exact) mass is 476 g/mol. The van der Waals surface area contributed by atoms with Gasteiger partial charge in [0.05, 0.1) is 31.9 Å². The summed E-state index contributed by atoms with van der Waals surface area (Å²) < 4.78 is 12.1. The number of hydrogen-bond donors (Lipinski definition) is 7. The average Bonchev–Trinajstić information content (AvgIpc) is 3.20. The summed E-state index contributed by atoms with van der Waals surface area (Å²) in [6.07, 6.45) is 1.42. The van der Waals surface area contributed by atoms with Crippen LogP contribution in [0.5, 0.6) is 0 Å². The van der Waals surface area contributed by atoms with Crippen molar-refractivity contribution < 1.29 is 38.3 Å². The van der Waals surface area contributed by atoms with E-state index in [1.165, 1.54) is 13.8 Å². The van der Waals surface area contributed by atoms with E-state index in [0.29, 0.717) is 6.29 Å². The SMILES string of the molecule is C[C@H](NC(=O)[C@H](Cn1cc(P(=O)(O)O)nn1)NC(=O)CN)C(=O)NCC(=O)N[C@@H](C)C=O. The minimum Gasteiger partial charge on any atom is -0.345 e. The van der Waals surface area contributed by atoms with E-state index in [4.69, 9.17) is 15.5 Å². The lowest BCUT2D eigenvalue weighted by Crippen LogP contribution is -2.55. The van der Waals surface area contributed by atoms with Gasteiger partial charge in [-0.25, -0.2) is 4.68 Å². The van der Waals surface area contributed by atoms with Gasteiger partial charge in [0.15, 0.2) is 5.44 Å². The van der Waals surface area contributed by atoms with Crippen LogP contribution < -0.4 is 32.4 Å². The molecule has 8 N–H and O–H groups in total. The van der Waals surface area contributed by atoms with Crippen LogP contribution in [0.25, 0.3) is 0 Å². The van der Waals surface area contributed by atoms with Gasteiger partial charge in [-0.1, -0.05) is 5.21 Å². The number of nitrogens with two attached hydrogens (primary N) is 1. The second kappa shape index (κ2) is 12.0. The number of aldehydes is 1. The zero-order chi connectivity index (χ0) is 24.5. The Morgan fingerprint density at radius 2 is 1.81 bits per heavy atom. The first-order valence-electron chi connectivity index (χ1n) is 9.15. The van der Waals surface area contributed by atoms with Crippen LogP contribution in [0.4, 0.5) is 0 Å². The Bertz CT molecular complexity index is 900. The van der Waals surface area contributed by atoms with Gasteiger partial charge in [-0.2, -0.15) is 0 Å². The Morgan fingerprint density at radius 3 is 2.34 bits per heavy atom. The molecule has 1 aromatic rings. The molecule has 178 valence electrons. The van der Waals surface area contributed by atoms with E-state index in [0.717, 1.165) is 10.9 Å². The standard InChI is InChI=1S/C15H25N8O8P/c1-8(7-24)18-12(26)4-17-14(27)9(2)19-15(28)10(20-11(25)3-16)5-23-6-13(21-22-23)32(29,30)31/h6-10H,3-5,16H2,1-2H3,(H,17,27)(H,18,26)(H,19,28)(H,20,25)(H2,29,30,31)/t8-,9-,10-/m0/s1. The third-order valence-electron chi connectivity index (χ3n) is 3.80. The van der Waals surface area contributed by atoms with Gasteiger partial charge in [-0.15, -0.1) is 5.10 Å². The summed E-state index contributed by atoms with van der Waals surface area (Å²) in [5.41, 5.74) is 4.60. The first-order chi connectivity index (χ1) is 14.9. The molecule has 0 spiro atoms. The molecule has 0 aliphatic carbocycles. The lowest BCUT2D eigenvalue weighted by Gasteiger charge is -2.21. The van der Waals surface area contributed by atoms with Crippen LogP contribution in [0.15, 0.2) is 6.20 Å². The fraction of sp³-hybridized carbons (Fsp3) is 0.533. The number of nitrogens with zero attached hydrogens (tertiary/aromatic N) is 3. The number of carbonyl (C=O) groups excluding carboxylic acids is 5. The molecule has 0 aliphatic rings. The van der Waals surface area contributed by atoms with Crippen LogP contribution >= 0.6 is 7.60 Å². The van der Waals surface area contributed by atoms with Crippen molar-refractivity contribution in [3.05, 3.63) is 6.20 Å². The van der Waals surface area contributed by atoms with Gasteiger partial charge in [0.2, 0.25) is 23.6 Å². The van der Waals surface area contributed by atoms with E-state index in [2.05, 4.69) is 31.6 Å². The quantitative estimate of drug-likeness (QED) is 0.111. The van der Waals surface area contributed by atoms with Gasteiger partial charge in [0, 0.05) is 0 Å². The molecule has 0 fully saturated rings. The summed E-state index contributed by atoms with van der Waals surface area (Å²) in [5, 5.41) is 16.0. The lowest BCUT2D eigenvalue weighted by molar-refractivity contribution is -0.132. The highest BCUT2D eigenvalue weighted by atomic mass is 31.2. The molecule has 0 radical (unpaired) electrons. The molecule has 1 rings (SSSR count). The fourth-order valence-electron chi connectivity index (χ4n) is 2.18. The average molecular weight is 476 g/mol. The summed E-state index contributed by atoms with van der Waals surface area (Å²) in [6, 6.07) is -3.17. The molecule has 0 aliphatic heterocycles. The maximum atomic E-state index is 12.6. The smallest absolute Gasteiger partial charge is 0.345 e. The molecule has 4 amide bonds. The largest absolute Gasteiger partial charge is 0.377 e. The lowest BCUT2D eigenvalue weighted by atomic mass is 10.2. The van der Waals surface area contributed by atoms with Gasteiger partial charge in [-0.05, 0) is 13.8 Å². The van der Waals surface area contributed by atoms with Gasteiger partial charge in [-0.3, -0.25) is 23.7 Å². The summed E-state index contributed by atoms with van der Waals surface area (Å²) in [6.45, 7) is 1.52. The summed E-state index contributed by atoms with van der Waals surface area (Å²) in [4.78, 5) is 76.6. The van der Waals surface area contributed by atoms with Crippen molar-refractivity contribution >= 4 is 42.9 Å². The summed E-state index contributed by atoms with van der Waals surface area (Å²) >= 11 is 0. The van der Waals surface area contributed by atoms with Crippen molar-refractivity contribution in [2.24, 2.45) is 5.73 Å². The van der Waals surface area contributed by atoms with E-state index in [9.17, 15) is 28.5 Å². The van der Waals surface area contributed by atoms with Crippen LogP contribution in [0.3, 0.4) is 0 Å². The maximum absolute atomic E-state index is 12.6. The topological polar surface area (TPSA) is 248 Å². The van der Waals surface area contributed by atoms with Crippen LogP contribution in [-0.2, 0) is 35.1 Å². The Balaban J connectivity index is 2.76. The highest BCUT2D eigenvalue weighted by Gasteiger charge is 2.27. The number of aromatic nitrogens is 3. The maximum Gasteiger partial charge on any atom is 0.377 e. The predicted octanol–water partition coefficient (Wildman–Crippen LogP) is -5.15. The molecular weight excluding hydrogens is 451 g/mol. The summed E-state index contributed by atoms with van der Waals surface area (Å²) in [7, 11) is -4.67. The number of carbonyl (C=O) groups is 5. The number of rotatable bonds is 12. The number of hydrogen-bond acceptors (Lipinski definition) is 9. The molecule has 16 nitrogen and oxygen atoms in total. The molecule has 0 aromatic carbocycles. The first-order valence-corrected chi connectivity index (χ1v) is 10.8. The van der Waals surface area contributed by atoms with Crippen LogP contribution in [0.2, 0.25) is 0 Å². The zero-order valence-corrected chi connectivity index (χ0v) is 18.1.